The van der Waals surface area contributed by atoms with Gasteiger partial charge in [-0.25, -0.2) is 8.42 Å². The maximum absolute atomic E-state index is 13.4. The molecule has 7 nitrogen and oxygen atoms in total. The van der Waals surface area contributed by atoms with Gasteiger partial charge in [0.05, 0.1) is 11.9 Å². The third-order valence-corrected chi connectivity index (χ3v) is 7.11. The van der Waals surface area contributed by atoms with E-state index in [-0.39, 0.29) is 12.5 Å². The van der Waals surface area contributed by atoms with E-state index in [2.05, 4.69) is 21.2 Å². The van der Waals surface area contributed by atoms with E-state index in [0.29, 0.717) is 12.2 Å². The molecule has 1 atom stereocenters. The average molecular weight is 539 g/mol. The number of anilines is 1. The minimum Gasteiger partial charge on any atom is -0.354 e. The summed E-state index contributed by atoms with van der Waals surface area (Å²) in [6.45, 7) is 7.71. The number of halogens is 1. The molecule has 0 fully saturated rings. The van der Waals surface area contributed by atoms with Gasteiger partial charge in [-0.05, 0) is 68.1 Å². The van der Waals surface area contributed by atoms with Crippen LogP contribution < -0.4 is 9.62 Å². The smallest absolute Gasteiger partial charge is 0.244 e. The van der Waals surface area contributed by atoms with E-state index >= 15 is 0 Å². The molecule has 0 saturated heterocycles. The van der Waals surface area contributed by atoms with Crippen molar-refractivity contribution in [3.05, 3.63) is 63.6 Å². The Hall–Kier alpha value is -2.39. The van der Waals surface area contributed by atoms with Gasteiger partial charge in [-0.2, -0.15) is 0 Å². The Morgan fingerprint density at radius 2 is 1.70 bits per heavy atom. The molecule has 0 saturated carbocycles. The predicted octanol–water partition coefficient (Wildman–Crippen LogP) is 3.78. The van der Waals surface area contributed by atoms with Crippen LogP contribution >= 0.6 is 15.9 Å². The molecule has 0 radical (unpaired) electrons. The predicted molar refractivity (Wildman–Crippen MR) is 136 cm³/mol. The minimum absolute atomic E-state index is 0.178. The molecular weight excluding hydrogens is 506 g/mol. The summed E-state index contributed by atoms with van der Waals surface area (Å²) in [5.74, 6) is -0.736. The summed E-state index contributed by atoms with van der Waals surface area (Å²) >= 11 is 3.39. The highest BCUT2D eigenvalue weighted by Crippen LogP contribution is 2.22. The van der Waals surface area contributed by atoms with E-state index in [1.807, 2.05) is 51.1 Å². The Kier molecular flexibility index (Phi) is 9.48. The molecule has 0 aromatic heterocycles. The topological polar surface area (TPSA) is 86.8 Å². The number of sulfonamides is 1. The molecule has 1 N–H and O–H groups in total. The monoisotopic (exact) mass is 537 g/mol. The van der Waals surface area contributed by atoms with Crippen LogP contribution in [0.15, 0.2) is 46.9 Å². The molecule has 2 aromatic carbocycles. The number of carbonyl (C=O) groups is 2. The Morgan fingerprint density at radius 1 is 1.06 bits per heavy atom. The molecule has 0 spiro atoms. The highest BCUT2D eigenvalue weighted by atomic mass is 79.9. The van der Waals surface area contributed by atoms with E-state index in [1.165, 1.54) is 4.90 Å². The van der Waals surface area contributed by atoms with E-state index in [1.54, 1.807) is 19.1 Å². The van der Waals surface area contributed by atoms with Crippen LogP contribution in [0.3, 0.4) is 0 Å². The van der Waals surface area contributed by atoms with Gasteiger partial charge in [0.2, 0.25) is 21.8 Å². The third kappa shape index (κ3) is 7.57. The summed E-state index contributed by atoms with van der Waals surface area (Å²) in [7, 11) is -3.74. The fourth-order valence-corrected chi connectivity index (χ4v) is 4.37. The van der Waals surface area contributed by atoms with Crippen LogP contribution in [0.4, 0.5) is 5.69 Å². The van der Waals surface area contributed by atoms with Crippen molar-refractivity contribution in [1.82, 2.24) is 10.2 Å². The van der Waals surface area contributed by atoms with Gasteiger partial charge in [0.1, 0.15) is 12.6 Å². The first kappa shape index (κ1) is 26.9. The van der Waals surface area contributed by atoms with Crippen LogP contribution in [0.2, 0.25) is 0 Å². The van der Waals surface area contributed by atoms with Crippen LogP contribution in [0.1, 0.15) is 37.0 Å². The van der Waals surface area contributed by atoms with Gasteiger partial charge in [0.15, 0.2) is 0 Å². The zero-order chi connectivity index (χ0) is 24.8. The summed E-state index contributed by atoms with van der Waals surface area (Å²) in [5, 5.41) is 2.82. The van der Waals surface area contributed by atoms with Gasteiger partial charge in [-0.15, -0.1) is 0 Å². The third-order valence-electron chi connectivity index (χ3n) is 5.44. The minimum atomic E-state index is -3.74. The van der Waals surface area contributed by atoms with Crippen molar-refractivity contribution < 1.29 is 18.0 Å². The maximum atomic E-state index is 13.4. The highest BCUT2D eigenvalue weighted by molar-refractivity contribution is 9.10. The van der Waals surface area contributed by atoms with Crippen molar-refractivity contribution >= 4 is 43.5 Å². The number of nitrogens with one attached hydrogen (secondary N) is 1. The molecule has 33 heavy (non-hydrogen) atoms. The standard InChI is InChI=1S/C24H32BrN3O4S/c1-6-13-26-24(30)19(4)27(15-20-8-10-21(25)11-9-20)23(29)16-28(33(5,31)32)22-12-7-17(2)18(3)14-22/h7-12,14,19H,6,13,15-16H2,1-5H3,(H,26,30)/t19-/m0/s1. The summed E-state index contributed by atoms with van der Waals surface area (Å²) in [4.78, 5) is 27.6. The van der Waals surface area contributed by atoms with Crippen LogP contribution in [-0.2, 0) is 26.2 Å². The first-order valence-electron chi connectivity index (χ1n) is 10.8. The van der Waals surface area contributed by atoms with Crippen molar-refractivity contribution in [3.8, 4) is 0 Å². The zero-order valence-electron chi connectivity index (χ0n) is 19.8. The second kappa shape index (κ2) is 11.7. The van der Waals surface area contributed by atoms with Gasteiger partial charge in [0, 0.05) is 17.6 Å². The van der Waals surface area contributed by atoms with Crippen LogP contribution in [0.5, 0.6) is 0 Å². The van der Waals surface area contributed by atoms with Crippen molar-refractivity contribution in [2.24, 2.45) is 0 Å². The zero-order valence-corrected chi connectivity index (χ0v) is 22.2. The average Bonchev–Trinajstić information content (AvgIpc) is 2.76. The van der Waals surface area contributed by atoms with E-state index < -0.39 is 28.5 Å². The van der Waals surface area contributed by atoms with Crippen LogP contribution in [0.25, 0.3) is 0 Å². The van der Waals surface area contributed by atoms with Crippen LogP contribution in [0, 0.1) is 13.8 Å². The number of hydrogen-bond acceptors (Lipinski definition) is 4. The molecule has 2 aromatic rings. The van der Waals surface area contributed by atoms with Crippen molar-refractivity contribution in [2.45, 2.75) is 46.7 Å². The number of rotatable bonds is 10. The number of carbonyl (C=O) groups excluding carboxylic acids is 2. The molecule has 2 rings (SSSR count). The van der Waals surface area contributed by atoms with Crippen molar-refractivity contribution in [3.63, 3.8) is 0 Å². The molecule has 0 unspecified atom stereocenters. The Labute approximate surface area is 205 Å². The molecule has 0 heterocycles. The summed E-state index contributed by atoms with van der Waals surface area (Å²) in [6, 6.07) is 11.9. The molecule has 2 amide bonds. The Bertz CT molecular complexity index is 1090. The fourth-order valence-electron chi connectivity index (χ4n) is 3.26. The SMILES string of the molecule is CCCNC(=O)[C@H](C)N(Cc1ccc(Br)cc1)C(=O)CN(c1ccc(C)c(C)c1)S(C)(=O)=O. The summed E-state index contributed by atoms with van der Waals surface area (Å²) in [5.41, 5.74) is 3.20. The number of amides is 2. The van der Waals surface area contributed by atoms with Gasteiger partial charge < -0.3 is 10.2 Å². The fraction of sp³-hybridized carbons (Fsp3) is 0.417. The largest absolute Gasteiger partial charge is 0.354 e. The van der Waals surface area contributed by atoms with Gasteiger partial charge in [-0.1, -0.05) is 41.1 Å². The molecule has 0 aliphatic heterocycles. The summed E-state index contributed by atoms with van der Waals surface area (Å²) < 4.78 is 27.2. The van der Waals surface area contributed by atoms with Gasteiger partial charge in [0.25, 0.3) is 0 Å². The molecule has 180 valence electrons. The number of benzene rings is 2. The molecule has 0 bridgehead atoms. The molecule has 0 aliphatic rings. The Morgan fingerprint density at radius 3 is 2.24 bits per heavy atom. The first-order chi connectivity index (χ1) is 15.4. The number of nitrogens with zero attached hydrogens (tertiary/aromatic N) is 2. The number of hydrogen-bond donors (Lipinski definition) is 1. The lowest BCUT2D eigenvalue weighted by Gasteiger charge is -2.31. The highest BCUT2D eigenvalue weighted by Gasteiger charge is 2.30. The number of aryl methyl sites for hydroxylation is 2. The lowest BCUT2D eigenvalue weighted by atomic mass is 10.1. The van der Waals surface area contributed by atoms with Gasteiger partial charge in [-0.3, -0.25) is 13.9 Å². The Balaban J connectivity index is 2.38. The van der Waals surface area contributed by atoms with E-state index in [0.717, 1.165) is 38.1 Å². The quantitative estimate of drug-likeness (QED) is 0.499. The molecular formula is C24H32BrN3O4S. The van der Waals surface area contributed by atoms with Crippen molar-refractivity contribution in [1.29, 1.82) is 0 Å². The summed E-state index contributed by atoms with van der Waals surface area (Å²) in [6.07, 6.45) is 1.85. The second-order valence-electron chi connectivity index (χ2n) is 8.15. The second-order valence-corrected chi connectivity index (χ2v) is 11.0. The first-order valence-corrected chi connectivity index (χ1v) is 13.4. The van der Waals surface area contributed by atoms with E-state index in [9.17, 15) is 18.0 Å². The normalized spacial score (nSPS) is 12.2. The molecule has 0 aliphatic carbocycles. The lowest BCUT2D eigenvalue weighted by Crippen LogP contribution is -2.51. The van der Waals surface area contributed by atoms with E-state index in [4.69, 9.17) is 0 Å². The maximum Gasteiger partial charge on any atom is 0.244 e. The van der Waals surface area contributed by atoms with Gasteiger partial charge >= 0.3 is 0 Å². The lowest BCUT2D eigenvalue weighted by molar-refractivity contribution is -0.139. The van der Waals surface area contributed by atoms with Crippen molar-refractivity contribution in [2.75, 3.05) is 23.7 Å². The molecule has 9 heteroatoms. The van der Waals surface area contributed by atoms with Crippen LogP contribution in [-0.4, -0.2) is 50.5 Å².